The van der Waals surface area contributed by atoms with Gasteiger partial charge in [0.25, 0.3) is 11.5 Å². The molecule has 1 aromatic heterocycles. The molecule has 0 aliphatic carbocycles. The van der Waals surface area contributed by atoms with Crippen molar-refractivity contribution in [2.24, 2.45) is 0 Å². The Kier molecular flexibility index (Phi) is 5.30. The molecule has 0 spiro atoms. The van der Waals surface area contributed by atoms with Gasteiger partial charge >= 0.3 is 6.18 Å². The monoisotopic (exact) mass is 390 g/mol. The number of amides is 1. The molecule has 1 amide bonds. The van der Waals surface area contributed by atoms with Gasteiger partial charge in [0, 0.05) is 11.8 Å². The lowest BCUT2D eigenvalue weighted by atomic mass is 10.1. The first kappa shape index (κ1) is 19.3. The van der Waals surface area contributed by atoms with Crippen LogP contribution in [0.2, 0.25) is 0 Å². The smallest absolute Gasteiger partial charge is 0.321 e. The molecule has 0 saturated carbocycles. The fourth-order valence-corrected chi connectivity index (χ4v) is 2.67. The van der Waals surface area contributed by atoms with Crippen molar-refractivity contribution in [1.29, 1.82) is 0 Å². The summed E-state index contributed by atoms with van der Waals surface area (Å²) in [6.07, 6.45) is -3.29. The SMILES string of the molecule is O=C(Nc1ccccc1C(F)(F)F)c1cccn(Cc2ccccc2F)c1=O. The van der Waals surface area contributed by atoms with Crippen LogP contribution in [0.5, 0.6) is 0 Å². The summed E-state index contributed by atoms with van der Waals surface area (Å²) < 4.78 is 54.1. The minimum Gasteiger partial charge on any atom is -0.321 e. The van der Waals surface area contributed by atoms with E-state index >= 15 is 0 Å². The second-order valence-electron chi connectivity index (χ2n) is 5.94. The first-order chi connectivity index (χ1) is 13.3. The molecule has 4 nitrogen and oxygen atoms in total. The van der Waals surface area contributed by atoms with E-state index in [1.165, 1.54) is 48.7 Å². The number of para-hydroxylation sites is 1. The molecular formula is C20H14F4N2O2. The Morgan fingerprint density at radius 2 is 1.64 bits per heavy atom. The van der Waals surface area contributed by atoms with Crippen molar-refractivity contribution in [1.82, 2.24) is 4.57 Å². The number of benzene rings is 2. The molecule has 0 unspecified atom stereocenters. The summed E-state index contributed by atoms with van der Waals surface area (Å²) >= 11 is 0. The summed E-state index contributed by atoms with van der Waals surface area (Å²) in [5.74, 6) is -1.49. The predicted octanol–water partition coefficient (Wildman–Crippen LogP) is 4.31. The molecule has 144 valence electrons. The van der Waals surface area contributed by atoms with Crippen LogP contribution in [0.25, 0.3) is 0 Å². The molecule has 3 aromatic rings. The molecular weight excluding hydrogens is 376 g/mol. The molecule has 0 saturated heterocycles. The van der Waals surface area contributed by atoms with Crippen molar-refractivity contribution in [2.45, 2.75) is 12.7 Å². The number of hydrogen-bond donors (Lipinski definition) is 1. The van der Waals surface area contributed by atoms with Gasteiger partial charge in [0.1, 0.15) is 11.4 Å². The Balaban J connectivity index is 1.90. The van der Waals surface area contributed by atoms with Gasteiger partial charge in [-0.3, -0.25) is 9.59 Å². The van der Waals surface area contributed by atoms with E-state index in [0.29, 0.717) is 0 Å². The van der Waals surface area contributed by atoms with Crippen LogP contribution in [0.3, 0.4) is 0 Å². The first-order valence-electron chi connectivity index (χ1n) is 8.18. The Labute approximate surface area is 157 Å². The number of nitrogens with one attached hydrogen (secondary N) is 1. The van der Waals surface area contributed by atoms with Crippen molar-refractivity contribution in [3.8, 4) is 0 Å². The quantitative estimate of drug-likeness (QED) is 0.675. The second kappa shape index (κ2) is 7.67. The van der Waals surface area contributed by atoms with E-state index in [9.17, 15) is 27.2 Å². The van der Waals surface area contributed by atoms with Crippen LogP contribution in [-0.2, 0) is 12.7 Å². The number of carbonyl (C=O) groups is 1. The lowest BCUT2D eigenvalue weighted by molar-refractivity contribution is -0.136. The topological polar surface area (TPSA) is 51.1 Å². The van der Waals surface area contributed by atoms with Gasteiger partial charge in [-0.15, -0.1) is 0 Å². The van der Waals surface area contributed by atoms with Crippen molar-refractivity contribution < 1.29 is 22.4 Å². The van der Waals surface area contributed by atoms with Gasteiger partial charge in [0.05, 0.1) is 17.8 Å². The van der Waals surface area contributed by atoms with E-state index in [0.717, 1.165) is 16.7 Å². The van der Waals surface area contributed by atoms with Gasteiger partial charge in [0.2, 0.25) is 0 Å². The van der Waals surface area contributed by atoms with Crippen LogP contribution < -0.4 is 10.9 Å². The van der Waals surface area contributed by atoms with E-state index in [-0.39, 0.29) is 17.7 Å². The highest BCUT2D eigenvalue weighted by atomic mass is 19.4. The van der Waals surface area contributed by atoms with E-state index in [1.807, 2.05) is 0 Å². The zero-order valence-corrected chi connectivity index (χ0v) is 14.3. The molecule has 0 fully saturated rings. The molecule has 0 atom stereocenters. The molecule has 3 rings (SSSR count). The first-order valence-corrected chi connectivity index (χ1v) is 8.18. The maximum Gasteiger partial charge on any atom is 0.418 e. The number of halogens is 4. The third-order valence-electron chi connectivity index (χ3n) is 4.04. The van der Waals surface area contributed by atoms with Gasteiger partial charge in [0.15, 0.2) is 0 Å². The van der Waals surface area contributed by atoms with Crippen LogP contribution in [0.1, 0.15) is 21.5 Å². The Morgan fingerprint density at radius 3 is 2.36 bits per heavy atom. The average Bonchev–Trinajstić information content (AvgIpc) is 2.64. The number of nitrogens with zero attached hydrogens (tertiary/aromatic N) is 1. The van der Waals surface area contributed by atoms with E-state index in [2.05, 4.69) is 5.32 Å². The van der Waals surface area contributed by atoms with Gasteiger partial charge in [-0.1, -0.05) is 30.3 Å². The second-order valence-corrected chi connectivity index (χ2v) is 5.94. The van der Waals surface area contributed by atoms with Crippen molar-refractivity contribution in [3.63, 3.8) is 0 Å². The molecule has 1 N–H and O–H groups in total. The fourth-order valence-electron chi connectivity index (χ4n) is 2.67. The van der Waals surface area contributed by atoms with Gasteiger partial charge in [-0.2, -0.15) is 13.2 Å². The van der Waals surface area contributed by atoms with Crippen LogP contribution in [0.15, 0.2) is 71.7 Å². The number of alkyl halides is 3. The third-order valence-corrected chi connectivity index (χ3v) is 4.04. The zero-order chi connectivity index (χ0) is 20.3. The highest BCUT2D eigenvalue weighted by molar-refractivity contribution is 6.04. The highest BCUT2D eigenvalue weighted by Crippen LogP contribution is 2.34. The summed E-state index contributed by atoms with van der Waals surface area (Å²) in [6.45, 7) is -0.119. The van der Waals surface area contributed by atoms with Crippen LogP contribution in [0.4, 0.5) is 23.2 Å². The number of anilines is 1. The molecule has 0 bridgehead atoms. The summed E-state index contributed by atoms with van der Waals surface area (Å²) in [7, 11) is 0. The number of rotatable bonds is 4. The maximum atomic E-state index is 13.8. The van der Waals surface area contributed by atoms with Crippen molar-refractivity contribution >= 4 is 11.6 Å². The molecule has 0 aliphatic rings. The van der Waals surface area contributed by atoms with Crippen LogP contribution >= 0.6 is 0 Å². The standard InChI is InChI=1S/C20H14F4N2O2/c21-16-9-3-1-6-13(16)12-26-11-5-7-14(19(26)28)18(27)25-17-10-4-2-8-15(17)20(22,23)24/h1-11H,12H2,(H,25,27). The highest BCUT2D eigenvalue weighted by Gasteiger charge is 2.33. The van der Waals surface area contributed by atoms with Gasteiger partial charge in [-0.05, 0) is 30.3 Å². The average molecular weight is 390 g/mol. The molecule has 28 heavy (non-hydrogen) atoms. The normalized spacial score (nSPS) is 11.3. The molecule has 1 heterocycles. The number of hydrogen-bond acceptors (Lipinski definition) is 2. The summed E-state index contributed by atoms with van der Waals surface area (Å²) in [6, 6.07) is 12.9. The molecule has 2 aromatic carbocycles. The lowest BCUT2D eigenvalue weighted by Crippen LogP contribution is -2.29. The predicted molar refractivity (Wildman–Crippen MR) is 95.6 cm³/mol. The summed E-state index contributed by atoms with van der Waals surface area (Å²) in [5, 5.41) is 2.13. The molecule has 8 heteroatoms. The lowest BCUT2D eigenvalue weighted by Gasteiger charge is -2.14. The Morgan fingerprint density at radius 1 is 0.964 bits per heavy atom. The summed E-state index contributed by atoms with van der Waals surface area (Å²) in [5.41, 5.74) is -2.33. The minimum absolute atomic E-state index is 0.119. The fraction of sp³-hybridized carbons (Fsp3) is 0.100. The minimum atomic E-state index is -4.66. The van der Waals surface area contributed by atoms with Gasteiger partial charge in [-0.25, -0.2) is 4.39 Å². The number of aromatic nitrogens is 1. The number of carbonyl (C=O) groups excluding carboxylic acids is 1. The third kappa shape index (κ3) is 4.11. The number of pyridine rings is 1. The van der Waals surface area contributed by atoms with E-state index in [1.54, 1.807) is 6.07 Å². The van der Waals surface area contributed by atoms with Crippen LogP contribution in [-0.4, -0.2) is 10.5 Å². The zero-order valence-electron chi connectivity index (χ0n) is 14.3. The Bertz CT molecular complexity index is 1070. The van der Waals surface area contributed by atoms with Crippen LogP contribution in [0, 0.1) is 5.82 Å². The van der Waals surface area contributed by atoms with E-state index < -0.39 is 34.7 Å². The van der Waals surface area contributed by atoms with Crippen molar-refractivity contribution in [3.05, 3.63) is 99.7 Å². The largest absolute Gasteiger partial charge is 0.418 e. The molecule has 0 radical (unpaired) electrons. The Hall–Kier alpha value is -3.42. The molecule has 0 aliphatic heterocycles. The van der Waals surface area contributed by atoms with Gasteiger partial charge < -0.3 is 9.88 Å². The van der Waals surface area contributed by atoms with Crippen molar-refractivity contribution in [2.75, 3.05) is 5.32 Å². The van der Waals surface area contributed by atoms with E-state index in [4.69, 9.17) is 0 Å². The summed E-state index contributed by atoms with van der Waals surface area (Å²) in [4.78, 5) is 25.0. The maximum absolute atomic E-state index is 13.8.